The first kappa shape index (κ1) is 19.4. The van der Waals surface area contributed by atoms with Crippen molar-refractivity contribution in [1.82, 2.24) is 19.9 Å². The maximum atomic E-state index is 6.10. The fourth-order valence-corrected chi connectivity index (χ4v) is 2.81. The minimum atomic E-state index is -0.132. The van der Waals surface area contributed by atoms with Gasteiger partial charge < -0.3 is 10.3 Å². The van der Waals surface area contributed by atoms with Crippen molar-refractivity contribution in [3.63, 3.8) is 0 Å². The minimum Gasteiger partial charge on any atom is -0.339 e. The highest BCUT2D eigenvalue weighted by molar-refractivity contribution is 5.85. The first-order chi connectivity index (χ1) is 9.74. The second kappa shape index (κ2) is 7.73. The lowest BCUT2D eigenvalue weighted by molar-refractivity contribution is 0.206. The Labute approximate surface area is 139 Å². The molecule has 22 heavy (non-hydrogen) atoms. The van der Waals surface area contributed by atoms with Crippen LogP contribution in [-0.4, -0.2) is 58.2 Å². The number of hydrogen-bond acceptors (Lipinski definition) is 6. The van der Waals surface area contributed by atoms with E-state index in [0.717, 1.165) is 37.9 Å². The minimum absolute atomic E-state index is 0. The van der Waals surface area contributed by atoms with E-state index in [-0.39, 0.29) is 23.9 Å². The van der Waals surface area contributed by atoms with Crippen molar-refractivity contribution in [3.8, 4) is 0 Å². The van der Waals surface area contributed by atoms with Crippen molar-refractivity contribution in [2.45, 2.75) is 58.2 Å². The van der Waals surface area contributed by atoms with Gasteiger partial charge in [-0.15, -0.1) is 12.4 Å². The maximum absolute atomic E-state index is 6.10. The lowest BCUT2D eigenvalue weighted by Gasteiger charge is -2.27. The van der Waals surface area contributed by atoms with Gasteiger partial charge >= 0.3 is 0 Å². The second-order valence-corrected chi connectivity index (χ2v) is 7.28. The van der Waals surface area contributed by atoms with E-state index in [4.69, 9.17) is 10.3 Å². The van der Waals surface area contributed by atoms with E-state index < -0.39 is 0 Å². The molecule has 1 fully saturated rings. The van der Waals surface area contributed by atoms with E-state index in [9.17, 15) is 0 Å². The molecule has 6 nitrogen and oxygen atoms in total. The highest BCUT2D eigenvalue weighted by Crippen LogP contribution is 2.18. The van der Waals surface area contributed by atoms with E-state index in [0.29, 0.717) is 6.04 Å². The lowest BCUT2D eigenvalue weighted by Crippen LogP contribution is -2.45. The molecule has 0 aliphatic carbocycles. The predicted octanol–water partition coefficient (Wildman–Crippen LogP) is 1.86. The van der Waals surface area contributed by atoms with Gasteiger partial charge in [-0.05, 0) is 33.9 Å². The highest BCUT2D eigenvalue weighted by atomic mass is 35.5. The average Bonchev–Trinajstić information content (AvgIpc) is 2.96. The molecule has 0 spiro atoms. The van der Waals surface area contributed by atoms with Crippen molar-refractivity contribution in [3.05, 3.63) is 11.7 Å². The number of rotatable bonds is 6. The van der Waals surface area contributed by atoms with Crippen LogP contribution >= 0.6 is 12.4 Å². The molecule has 2 rings (SSSR count). The monoisotopic (exact) mass is 331 g/mol. The Morgan fingerprint density at radius 2 is 2.14 bits per heavy atom. The number of nitrogens with two attached hydrogens (primary N) is 1. The van der Waals surface area contributed by atoms with Gasteiger partial charge in [-0.25, -0.2) is 0 Å². The number of likely N-dealkylation sites (tertiary alicyclic amines) is 1. The standard InChI is InChI=1S/C15H29N5O.ClH/c1-11(2)14-17-13(18-21-14)9-19(5)12-6-7-20(8-12)10-15(3,4)16;/h11-12H,6-10,16H2,1-5H3;1H. The summed E-state index contributed by atoms with van der Waals surface area (Å²) < 4.78 is 5.26. The molecule has 2 heterocycles. The zero-order valence-corrected chi connectivity index (χ0v) is 15.2. The first-order valence-corrected chi connectivity index (χ1v) is 7.78. The van der Waals surface area contributed by atoms with E-state index >= 15 is 0 Å². The molecule has 1 aromatic rings. The van der Waals surface area contributed by atoms with Crippen LogP contribution in [0.5, 0.6) is 0 Å². The summed E-state index contributed by atoms with van der Waals surface area (Å²) in [6.07, 6.45) is 1.17. The third-order valence-electron chi connectivity index (χ3n) is 3.87. The van der Waals surface area contributed by atoms with Crippen molar-refractivity contribution in [2.24, 2.45) is 5.73 Å². The normalized spacial score (nSPS) is 19.9. The Hall–Kier alpha value is -0.690. The number of aromatic nitrogens is 2. The van der Waals surface area contributed by atoms with Gasteiger partial charge in [-0.1, -0.05) is 19.0 Å². The zero-order chi connectivity index (χ0) is 15.6. The molecule has 2 N–H and O–H groups in total. The van der Waals surface area contributed by atoms with Gasteiger partial charge in [-0.2, -0.15) is 4.98 Å². The van der Waals surface area contributed by atoms with Crippen LogP contribution in [0.1, 0.15) is 51.7 Å². The van der Waals surface area contributed by atoms with Gasteiger partial charge in [0.15, 0.2) is 5.82 Å². The Bertz CT molecular complexity index is 457. The molecule has 0 saturated carbocycles. The van der Waals surface area contributed by atoms with Crippen molar-refractivity contribution in [1.29, 1.82) is 0 Å². The summed E-state index contributed by atoms with van der Waals surface area (Å²) in [7, 11) is 2.13. The predicted molar refractivity (Wildman–Crippen MR) is 90.2 cm³/mol. The molecular weight excluding hydrogens is 302 g/mol. The summed E-state index contributed by atoms with van der Waals surface area (Å²) >= 11 is 0. The second-order valence-electron chi connectivity index (χ2n) is 7.28. The molecule has 0 aromatic carbocycles. The summed E-state index contributed by atoms with van der Waals surface area (Å²) in [6.45, 7) is 12.1. The Morgan fingerprint density at radius 3 is 2.68 bits per heavy atom. The van der Waals surface area contributed by atoms with Crippen LogP contribution in [0.2, 0.25) is 0 Å². The fraction of sp³-hybridized carbons (Fsp3) is 0.867. The van der Waals surface area contributed by atoms with Crippen molar-refractivity contribution in [2.75, 3.05) is 26.7 Å². The van der Waals surface area contributed by atoms with Crippen LogP contribution in [0.3, 0.4) is 0 Å². The highest BCUT2D eigenvalue weighted by Gasteiger charge is 2.29. The van der Waals surface area contributed by atoms with Crippen LogP contribution < -0.4 is 5.73 Å². The van der Waals surface area contributed by atoms with Crippen LogP contribution in [0.15, 0.2) is 4.52 Å². The SMILES string of the molecule is CC(C)c1nc(CN(C)C2CCN(CC(C)(C)N)C2)no1.Cl. The molecular formula is C15H30ClN5O. The third-order valence-corrected chi connectivity index (χ3v) is 3.87. The number of halogens is 1. The molecule has 0 radical (unpaired) electrons. The zero-order valence-electron chi connectivity index (χ0n) is 14.4. The van der Waals surface area contributed by atoms with E-state index in [1.807, 2.05) is 0 Å². The summed E-state index contributed by atoms with van der Waals surface area (Å²) in [5.41, 5.74) is 5.97. The molecule has 1 saturated heterocycles. The molecule has 1 unspecified atom stereocenters. The van der Waals surface area contributed by atoms with Crippen LogP contribution in [0, 0.1) is 0 Å². The van der Waals surface area contributed by atoms with Crippen LogP contribution in [0.4, 0.5) is 0 Å². The summed E-state index contributed by atoms with van der Waals surface area (Å²) in [5.74, 6) is 1.78. The number of hydrogen-bond donors (Lipinski definition) is 1. The largest absolute Gasteiger partial charge is 0.339 e. The molecule has 0 bridgehead atoms. The Morgan fingerprint density at radius 1 is 1.45 bits per heavy atom. The number of nitrogens with zero attached hydrogens (tertiary/aromatic N) is 4. The van der Waals surface area contributed by atoms with E-state index in [2.05, 4.69) is 54.7 Å². The van der Waals surface area contributed by atoms with Crippen molar-refractivity contribution >= 4 is 12.4 Å². The maximum Gasteiger partial charge on any atom is 0.229 e. The summed E-state index contributed by atoms with van der Waals surface area (Å²) in [6, 6.07) is 0.536. The lowest BCUT2D eigenvalue weighted by atomic mass is 10.1. The van der Waals surface area contributed by atoms with E-state index in [1.54, 1.807) is 0 Å². The molecule has 128 valence electrons. The topological polar surface area (TPSA) is 71.4 Å². The molecule has 1 aromatic heterocycles. The average molecular weight is 332 g/mol. The molecule has 7 heteroatoms. The summed E-state index contributed by atoms with van der Waals surface area (Å²) in [4.78, 5) is 9.21. The van der Waals surface area contributed by atoms with Crippen LogP contribution in [-0.2, 0) is 6.54 Å². The Balaban J connectivity index is 0.00000242. The molecule has 1 atom stereocenters. The van der Waals surface area contributed by atoms with Gasteiger partial charge in [0.05, 0.1) is 6.54 Å². The van der Waals surface area contributed by atoms with Gasteiger partial charge in [0, 0.05) is 30.6 Å². The molecule has 1 aliphatic heterocycles. The molecule has 0 amide bonds. The van der Waals surface area contributed by atoms with Gasteiger partial charge in [0.2, 0.25) is 5.89 Å². The van der Waals surface area contributed by atoms with E-state index in [1.165, 1.54) is 6.42 Å². The molecule has 1 aliphatic rings. The summed E-state index contributed by atoms with van der Waals surface area (Å²) in [5, 5.41) is 4.07. The van der Waals surface area contributed by atoms with Gasteiger partial charge in [0.25, 0.3) is 0 Å². The Kier molecular flexibility index (Phi) is 6.80. The van der Waals surface area contributed by atoms with Crippen molar-refractivity contribution < 1.29 is 4.52 Å². The fourth-order valence-electron chi connectivity index (χ4n) is 2.81. The first-order valence-electron chi connectivity index (χ1n) is 7.78. The van der Waals surface area contributed by atoms with Gasteiger partial charge in [0.1, 0.15) is 0 Å². The smallest absolute Gasteiger partial charge is 0.229 e. The van der Waals surface area contributed by atoms with Crippen LogP contribution in [0.25, 0.3) is 0 Å². The van der Waals surface area contributed by atoms with Gasteiger partial charge in [-0.3, -0.25) is 9.80 Å². The third kappa shape index (κ3) is 5.50. The number of likely N-dealkylation sites (N-methyl/N-ethyl adjacent to an activating group) is 1. The quantitative estimate of drug-likeness (QED) is 0.858.